The number of nitrogens with zero attached hydrogens (tertiary/aromatic N) is 3. The molecule has 156 valence electrons. The summed E-state index contributed by atoms with van der Waals surface area (Å²) in [5.41, 5.74) is 1.31. The molecule has 2 aromatic rings. The smallest absolute Gasteiger partial charge is 0.155 e. The maximum atomic E-state index is 6.45. The monoisotopic (exact) mass is 435 g/mol. The van der Waals surface area contributed by atoms with Crippen LogP contribution in [-0.2, 0) is 4.74 Å². The number of hydrogen-bond donors (Lipinski definition) is 2. The summed E-state index contributed by atoms with van der Waals surface area (Å²) in [5.74, 6) is 2.08. The molecule has 1 aliphatic carbocycles. The number of nitrogens with one attached hydrogen (secondary N) is 2. The zero-order chi connectivity index (χ0) is 20.1. The number of halogens is 2. The van der Waals surface area contributed by atoms with Crippen molar-refractivity contribution in [3.8, 4) is 11.3 Å². The molecule has 8 heteroatoms. The van der Waals surface area contributed by atoms with Crippen LogP contribution in [0.5, 0.6) is 0 Å². The standard InChI is InChI=1S/C21H27Cl2N5O/c22-17-12-25-18(27-15-4-2-1-3-5-15)10-16(17)20-21(23)26-13-19(28-20)24-11-14-6-8-29-9-7-14/h10,12-15H,1-9,11H2,(H,24,28)(H,25,27). The van der Waals surface area contributed by atoms with Crippen molar-refractivity contribution in [3.05, 3.63) is 28.6 Å². The van der Waals surface area contributed by atoms with E-state index in [2.05, 4.69) is 20.6 Å². The molecular weight excluding hydrogens is 409 g/mol. The Labute approximate surface area is 181 Å². The van der Waals surface area contributed by atoms with Crippen LogP contribution in [0.25, 0.3) is 11.3 Å². The molecule has 2 fully saturated rings. The first-order valence-electron chi connectivity index (χ1n) is 10.5. The molecule has 0 aromatic carbocycles. The molecule has 2 aliphatic rings. The molecule has 4 rings (SSSR count). The van der Waals surface area contributed by atoms with Gasteiger partial charge in [-0.2, -0.15) is 0 Å². The van der Waals surface area contributed by atoms with Gasteiger partial charge in [0, 0.05) is 37.6 Å². The number of pyridine rings is 1. The van der Waals surface area contributed by atoms with E-state index in [1.807, 2.05) is 6.07 Å². The van der Waals surface area contributed by atoms with Gasteiger partial charge in [0.15, 0.2) is 5.15 Å². The van der Waals surface area contributed by atoms with Gasteiger partial charge >= 0.3 is 0 Å². The van der Waals surface area contributed by atoms with Gasteiger partial charge in [-0.15, -0.1) is 0 Å². The third-order valence-corrected chi connectivity index (χ3v) is 6.29. The fourth-order valence-corrected chi connectivity index (χ4v) is 4.37. The lowest BCUT2D eigenvalue weighted by Crippen LogP contribution is -2.23. The SMILES string of the molecule is Clc1cnc(NC2CCCCC2)cc1-c1nc(NCC2CCOCC2)cnc1Cl. The van der Waals surface area contributed by atoms with Gasteiger partial charge in [-0.1, -0.05) is 42.5 Å². The number of ether oxygens (including phenoxy) is 1. The first-order chi connectivity index (χ1) is 14.2. The first kappa shape index (κ1) is 20.6. The van der Waals surface area contributed by atoms with Crippen LogP contribution < -0.4 is 10.6 Å². The fourth-order valence-electron chi connectivity index (χ4n) is 3.99. The summed E-state index contributed by atoms with van der Waals surface area (Å²) in [7, 11) is 0. The molecule has 0 unspecified atom stereocenters. The first-order valence-corrected chi connectivity index (χ1v) is 11.2. The second-order valence-electron chi connectivity index (χ2n) is 7.86. The molecule has 2 aromatic heterocycles. The maximum Gasteiger partial charge on any atom is 0.155 e. The summed E-state index contributed by atoms with van der Waals surface area (Å²) in [6.45, 7) is 2.50. The summed E-state index contributed by atoms with van der Waals surface area (Å²) >= 11 is 12.8. The summed E-state index contributed by atoms with van der Waals surface area (Å²) in [6.07, 6.45) is 11.6. The molecule has 0 amide bonds. The van der Waals surface area contributed by atoms with Crippen LogP contribution in [-0.4, -0.2) is 40.8 Å². The normalized spacial score (nSPS) is 18.6. The van der Waals surface area contributed by atoms with Crippen molar-refractivity contribution in [2.45, 2.75) is 51.0 Å². The van der Waals surface area contributed by atoms with Gasteiger partial charge in [0.2, 0.25) is 0 Å². The van der Waals surface area contributed by atoms with E-state index in [1.54, 1.807) is 12.4 Å². The van der Waals surface area contributed by atoms with Crippen LogP contribution in [0.2, 0.25) is 10.2 Å². The van der Waals surface area contributed by atoms with Crippen molar-refractivity contribution in [3.63, 3.8) is 0 Å². The molecule has 1 aliphatic heterocycles. The average molecular weight is 436 g/mol. The third kappa shape index (κ3) is 5.50. The Morgan fingerprint density at radius 1 is 0.966 bits per heavy atom. The summed E-state index contributed by atoms with van der Waals surface area (Å²) < 4.78 is 5.42. The Balaban J connectivity index is 1.50. The molecule has 2 N–H and O–H groups in total. The lowest BCUT2D eigenvalue weighted by Gasteiger charge is -2.23. The fraction of sp³-hybridized carbons (Fsp3) is 0.571. The van der Waals surface area contributed by atoms with Crippen molar-refractivity contribution >= 4 is 34.8 Å². The predicted molar refractivity (Wildman–Crippen MR) is 118 cm³/mol. The highest BCUT2D eigenvalue weighted by molar-refractivity contribution is 6.35. The highest BCUT2D eigenvalue weighted by Gasteiger charge is 2.18. The minimum absolute atomic E-state index is 0.332. The molecular formula is C21H27Cl2N5O. The molecule has 6 nitrogen and oxygen atoms in total. The Morgan fingerprint density at radius 2 is 1.76 bits per heavy atom. The van der Waals surface area contributed by atoms with Crippen LogP contribution in [0.3, 0.4) is 0 Å². The molecule has 0 atom stereocenters. The Morgan fingerprint density at radius 3 is 2.55 bits per heavy atom. The van der Waals surface area contributed by atoms with Gasteiger partial charge in [-0.05, 0) is 37.7 Å². The van der Waals surface area contributed by atoms with Crippen molar-refractivity contribution in [2.75, 3.05) is 30.4 Å². The van der Waals surface area contributed by atoms with Crippen molar-refractivity contribution in [1.82, 2.24) is 15.0 Å². The summed E-state index contributed by atoms with van der Waals surface area (Å²) in [5, 5.41) is 7.76. The van der Waals surface area contributed by atoms with E-state index in [0.29, 0.717) is 33.6 Å². The quantitative estimate of drug-likeness (QED) is 0.629. The molecule has 29 heavy (non-hydrogen) atoms. The number of rotatable bonds is 6. The van der Waals surface area contributed by atoms with Crippen LogP contribution in [0.1, 0.15) is 44.9 Å². The van der Waals surface area contributed by atoms with E-state index in [1.165, 1.54) is 32.1 Å². The topological polar surface area (TPSA) is 72.0 Å². The molecule has 0 bridgehead atoms. The van der Waals surface area contributed by atoms with E-state index >= 15 is 0 Å². The van der Waals surface area contributed by atoms with E-state index in [0.717, 1.165) is 44.0 Å². The number of aromatic nitrogens is 3. The van der Waals surface area contributed by atoms with Gasteiger partial charge in [-0.25, -0.2) is 15.0 Å². The summed E-state index contributed by atoms with van der Waals surface area (Å²) in [6, 6.07) is 2.38. The van der Waals surface area contributed by atoms with Crippen LogP contribution in [0, 0.1) is 5.92 Å². The van der Waals surface area contributed by atoms with E-state index < -0.39 is 0 Å². The Hall–Kier alpha value is -1.63. The summed E-state index contributed by atoms with van der Waals surface area (Å²) in [4.78, 5) is 13.5. The minimum Gasteiger partial charge on any atom is -0.381 e. The van der Waals surface area contributed by atoms with Gasteiger partial charge in [0.05, 0.1) is 11.2 Å². The molecule has 1 saturated carbocycles. The van der Waals surface area contributed by atoms with Crippen molar-refractivity contribution < 1.29 is 4.74 Å². The van der Waals surface area contributed by atoms with Crippen LogP contribution >= 0.6 is 23.2 Å². The Bertz CT molecular complexity index is 823. The van der Waals surface area contributed by atoms with E-state index in [4.69, 9.17) is 32.9 Å². The van der Waals surface area contributed by atoms with Crippen molar-refractivity contribution in [1.29, 1.82) is 0 Å². The Kier molecular flexibility index (Phi) is 7.06. The zero-order valence-corrected chi connectivity index (χ0v) is 18.0. The van der Waals surface area contributed by atoms with Gasteiger partial charge in [0.25, 0.3) is 0 Å². The largest absolute Gasteiger partial charge is 0.381 e. The average Bonchev–Trinajstić information content (AvgIpc) is 2.76. The van der Waals surface area contributed by atoms with Gasteiger partial charge in [0.1, 0.15) is 17.3 Å². The molecule has 3 heterocycles. The zero-order valence-electron chi connectivity index (χ0n) is 16.5. The minimum atomic E-state index is 0.332. The van der Waals surface area contributed by atoms with Crippen LogP contribution in [0.4, 0.5) is 11.6 Å². The van der Waals surface area contributed by atoms with Crippen molar-refractivity contribution in [2.24, 2.45) is 5.92 Å². The number of hydrogen-bond acceptors (Lipinski definition) is 6. The van der Waals surface area contributed by atoms with E-state index in [-0.39, 0.29) is 0 Å². The number of anilines is 2. The lowest BCUT2D eigenvalue weighted by molar-refractivity contribution is 0.0699. The highest BCUT2D eigenvalue weighted by Crippen LogP contribution is 2.33. The van der Waals surface area contributed by atoms with Gasteiger partial charge < -0.3 is 15.4 Å². The predicted octanol–water partition coefficient (Wildman–Crippen LogP) is 5.43. The van der Waals surface area contributed by atoms with E-state index in [9.17, 15) is 0 Å². The lowest BCUT2D eigenvalue weighted by atomic mass is 9.95. The maximum absolute atomic E-state index is 6.45. The van der Waals surface area contributed by atoms with Crippen LogP contribution in [0.15, 0.2) is 18.5 Å². The highest BCUT2D eigenvalue weighted by atomic mass is 35.5. The second kappa shape index (κ2) is 9.92. The second-order valence-corrected chi connectivity index (χ2v) is 8.63. The molecule has 1 saturated heterocycles. The molecule has 0 spiro atoms. The molecule has 0 radical (unpaired) electrons. The third-order valence-electron chi connectivity index (χ3n) is 5.71. The van der Waals surface area contributed by atoms with Gasteiger partial charge in [-0.3, -0.25) is 0 Å².